The number of halogens is 3. The summed E-state index contributed by atoms with van der Waals surface area (Å²) in [5, 5.41) is 10.3. The Morgan fingerprint density at radius 2 is 1.90 bits per heavy atom. The third kappa shape index (κ3) is 3.32. The van der Waals surface area contributed by atoms with E-state index in [4.69, 9.17) is 0 Å². The van der Waals surface area contributed by atoms with Crippen LogP contribution in [0.5, 0.6) is 0 Å². The Kier molecular flexibility index (Phi) is 4.09. The minimum absolute atomic E-state index is 0.0929. The van der Waals surface area contributed by atoms with Gasteiger partial charge in [-0.3, -0.25) is 4.98 Å². The van der Waals surface area contributed by atoms with Crippen LogP contribution >= 0.6 is 0 Å². The van der Waals surface area contributed by atoms with Gasteiger partial charge in [0.05, 0.1) is 11.7 Å². The molecule has 1 unspecified atom stereocenters. The van der Waals surface area contributed by atoms with Crippen molar-refractivity contribution in [2.24, 2.45) is 11.3 Å². The Hall–Kier alpha value is -1.10. The van der Waals surface area contributed by atoms with E-state index in [1.807, 2.05) is 0 Å². The SMILES string of the molecule is CC1(C)CCC(C(O)c2cnccc2C(F)(F)F)CC1. The molecule has 2 nitrogen and oxygen atoms in total. The van der Waals surface area contributed by atoms with Crippen LogP contribution in [0.3, 0.4) is 0 Å². The van der Waals surface area contributed by atoms with Gasteiger partial charge >= 0.3 is 6.18 Å². The quantitative estimate of drug-likeness (QED) is 0.877. The summed E-state index contributed by atoms with van der Waals surface area (Å²) in [5.74, 6) is -0.117. The predicted octanol–water partition coefficient (Wildman–Crippen LogP) is 4.35. The van der Waals surface area contributed by atoms with E-state index in [1.165, 1.54) is 0 Å². The van der Waals surface area contributed by atoms with E-state index in [0.717, 1.165) is 44.1 Å². The highest BCUT2D eigenvalue weighted by Crippen LogP contribution is 2.44. The molecular weight excluding hydrogens is 267 g/mol. The van der Waals surface area contributed by atoms with Crippen molar-refractivity contribution < 1.29 is 18.3 Å². The third-order valence-electron chi connectivity index (χ3n) is 4.31. The van der Waals surface area contributed by atoms with Gasteiger partial charge in [0.2, 0.25) is 0 Å². The Morgan fingerprint density at radius 3 is 2.45 bits per heavy atom. The molecule has 5 heteroatoms. The van der Waals surface area contributed by atoms with Crippen molar-refractivity contribution in [3.63, 3.8) is 0 Å². The Balaban J connectivity index is 2.20. The van der Waals surface area contributed by atoms with E-state index in [2.05, 4.69) is 18.8 Å². The van der Waals surface area contributed by atoms with Crippen LogP contribution in [0.2, 0.25) is 0 Å². The van der Waals surface area contributed by atoms with Crippen LogP contribution in [0.4, 0.5) is 13.2 Å². The van der Waals surface area contributed by atoms with E-state index >= 15 is 0 Å². The zero-order valence-corrected chi connectivity index (χ0v) is 11.7. The second-order valence-electron chi connectivity index (χ2n) is 6.41. The molecule has 0 radical (unpaired) electrons. The number of nitrogens with zero attached hydrogens (tertiary/aromatic N) is 1. The fourth-order valence-corrected chi connectivity index (χ4v) is 2.89. The number of rotatable bonds is 2. The van der Waals surface area contributed by atoms with E-state index in [1.54, 1.807) is 0 Å². The zero-order chi connectivity index (χ0) is 15.0. The Morgan fingerprint density at radius 1 is 1.30 bits per heavy atom. The van der Waals surface area contributed by atoms with E-state index in [9.17, 15) is 18.3 Å². The molecule has 0 aromatic carbocycles. The maximum Gasteiger partial charge on any atom is 0.416 e. The zero-order valence-electron chi connectivity index (χ0n) is 11.7. The van der Waals surface area contributed by atoms with Gasteiger partial charge in [-0.25, -0.2) is 0 Å². The summed E-state index contributed by atoms with van der Waals surface area (Å²) in [6.07, 6.45) is 0.0769. The first-order chi connectivity index (χ1) is 9.21. The molecule has 0 aliphatic heterocycles. The normalized spacial score (nSPS) is 21.7. The summed E-state index contributed by atoms with van der Waals surface area (Å²) < 4.78 is 38.9. The summed E-state index contributed by atoms with van der Waals surface area (Å²) >= 11 is 0. The van der Waals surface area contributed by atoms with Gasteiger partial charge in [-0.2, -0.15) is 13.2 Å². The lowest BCUT2D eigenvalue weighted by Gasteiger charge is -2.36. The van der Waals surface area contributed by atoms with E-state index in [-0.39, 0.29) is 16.9 Å². The molecule has 0 spiro atoms. The van der Waals surface area contributed by atoms with Crippen molar-refractivity contribution in [2.75, 3.05) is 0 Å². The topological polar surface area (TPSA) is 33.1 Å². The Labute approximate surface area is 117 Å². The third-order valence-corrected chi connectivity index (χ3v) is 4.31. The van der Waals surface area contributed by atoms with Crippen LogP contribution in [0.1, 0.15) is 56.8 Å². The average Bonchev–Trinajstić information content (AvgIpc) is 2.37. The minimum Gasteiger partial charge on any atom is -0.388 e. The van der Waals surface area contributed by atoms with Gasteiger partial charge in [0.15, 0.2) is 0 Å². The highest BCUT2D eigenvalue weighted by Gasteiger charge is 2.38. The summed E-state index contributed by atoms with van der Waals surface area (Å²) in [6, 6.07) is 0.936. The summed E-state index contributed by atoms with van der Waals surface area (Å²) in [6.45, 7) is 4.31. The molecule has 1 aromatic rings. The molecule has 1 N–H and O–H groups in total. The molecule has 1 fully saturated rings. The molecule has 0 bridgehead atoms. The van der Waals surface area contributed by atoms with Crippen molar-refractivity contribution in [3.8, 4) is 0 Å². The molecule has 2 rings (SSSR count). The first kappa shape index (κ1) is 15.3. The highest BCUT2D eigenvalue weighted by molar-refractivity contribution is 5.28. The molecule has 1 aromatic heterocycles. The molecule has 112 valence electrons. The van der Waals surface area contributed by atoms with Crippen molar-refractivity contribution in [2.45, 2.75) is 51.8 Å². The number of aliphatic hydroxyl groups is 1. The maximum atomic E-state index is 13.0. The second kappa shape index (κ2) is 5.35. The lowest BCUT2D eigenvalue weighted by molar-refractivity contribution is -0.139. The van der Waals surface area contributed by atoms with Crippen LogP contribution in [0.15, 0.2) is 18.5 Å². The minimum atomic E-state index is -4.45. The number of aromatic nitrogens is 1. The monoisotopic (exact) mass is 287 g/mol. The molecule has 1 saturated carbocycles. The first-order valence-electron chi connectivity index (χ1n) is 6.90. The van der Waals surface area contributed by atoms with Crippen molar-refractivity contribution in [1.82, 2.24) is 4.98 Å². The van der Waals surface area contributed by atoms with Gasteiger partial charge < -0.3 is 5.11 Å². The van der Waals surface area contributed by atoms with Crippen LogP contribution in [-0.2, 0) is 6.18 Å². The predicted molar refractivity (Wildman–Crippen MR) is 69.9 cm³/mol. The van der Waals surface area contributed by atoms with Crippen molar-refractivity contribution in [1.29, 1.82) is 0 Å². The summed E-state index contributed by atoms with van der Waals surface area (Å²) in [4.78, 5) is 3.74. The van der Waals surface area contributed by atoms with Crippen molar-refractivity contribution >= 4 is 0 Å². The lowest BCUT2D eigenvalue weighted by Crippen LogP contribution is -2.26. The summed E-state index contributed by atoms with van der Waals surface area (Å²) in [5.41, 5.74) is -0.646. The fraction of sp³-hybridized carbons (Fsp3) is 0.667. The average molecular weight is 287 g/mol. The van der Waals surface area contributed by atoms with Gasteiger partial charge in [0.1, 0.15) is 0 Å². The molecule has 1 heterocycles. The molecule has 0 saturated heterocycles. The van der Waals surface area contributed by atoms with Gasteiger partial charge in [-0.1, -0.05) is 13.8 Å². The second-order valence-corrected chi connectivity index (χ2v) is 6.41. The first-order valence-corrected chi connectivity index (χ1v) is 6.90. The van der Waals surface area contributed by atoms with Crippen LogP contribution < -0.4 is 0 Å². The standard InChI is InChI=1S/C15H20F3NO/c1-14(2)6-3-10(4-7-14)13(20)11-9-19-8-5-12(11)15(16,17)18/h5,8-10,13,20H,3-4,6-7H2,1-2H3. The van der Waals surface area contributed by atoms with Crippen LogP contribution in [0.25, 0.3) is 0 Å². The van der Waals surface area contributed by atoms with Crippen LogP contribution in [-0.4, -0.2) is 10.1 Å². The molecule has 20 heavy (non-hydrogen) atoms. The lowest BCUT2D eigenvalue weighted by atomic mass is 9.70. The molecule has 0 amide bonds. The largest absolute Gasteiger partial charge is 0.416 e. The molecule has 1 atom stereocenters. The fourth-order valence-electron chi connectivity index (χ4n) is 2.89. The van der Waals surface area contributed by atoms with Crippen LogP contribution in [0, 0.1) is 11.3 Å². The highest BCUT2D eigenvalue weighted by atomic mass is 19.4. The molecular formula is C15H20F3NO. The number of hydrogen-bond acceptors (Lipinski definition) is 2. The van der Waals surface area contributed by atoms with E-state index in [0.29, 0.717) is 0 Å². The van der Waals surface area contributed by atoms with Gasteiger partial charge in [-0.15, -0.1) is 0 Å². The number of pyridine rings is 1. The number of alkyl halides is 3. The van der Waals surface area contributed by atoms with Gasteiger partial charge in [0.25, 0.3) is 0 Å². The van der Waals surface area contributed by atoms with E-state index < -0.39 is 17.8 Å². The van der Waals surface area contributed by atoms with Gasteiger partial charge in [0, 0.05) is 18.0 Å². The number of hydrogen-bond donors (Lipinski definition) is 1. The number of aliphatic hydroxyl groups excluding tert-OH is 1. The molecule has 1 aliphatic rings. The maximum absolute atomic E-state index is 13.0. The Bertz CT molecular complexity index is 460. The summed E-state index contributed by atoms with van der Waals surface area (Å²) in [7, 11) is 0. The van der Waals surface area contributed by atoms with Crippen molar-refractivity contribution in [3.05, 3.63) is 29.6 Å². The molecule has 1 aliphatic carbocycles. The van der Waals surface area contributed by atoms with Gasteiger partial charge in [-0.05, 0) is 43.1 Å². The smallest absolute Gasteiger partial charge is 0.388 e.